The molecule has 0 saturated carbocycles. The maximum atomic E-state index is 13.3. The minimum Gasteiger partial charge on any atom is -0.465 e. The van der Waals surface area contributed by atoms with E-state index in [0.29, 0.717) is 29.5 Å². The molecule has 3 aromatic rings. The Morgan fingerprint density at radius 2 is 1.97 bits per heavy atom. The third-order valence-electron chi connectivity index (χ3n) is 7.15. The molecule has 3 N–H and O–H groups in total. The molecule has 5 rings (SSSR count). The van der Waals surface area contributed by atoms with Crippen LogP contribution in [-0.2, 0) is 11.3 Å². The summed E-state index contributed by atoms with van der Waals surface area (Å²) in [6, 6.07) is 6.67. The van der Waals surface area contributed by atoms with Crippen molar-refractivity contribution in [3.63, 3.8) is 0 Å². The number of halogens is 1. The number of nitrogens with zero attached hydrogens (tertiary/aromatic N) is 5. The van der Waals surface area contributed by atoms with Gasteiger partial charge in [0.1, 0.15) is 6.20 Å². The highest BCUT2D eigenvalue weighted by Gasteiger charge is 2.32. The molecule has 186 valence electrons. The number of ether oxygens (including phenoxy) is 1. The summed E-state index contributed by atoms with van der Waals surface area (Å²) in [4.78, 5) is 29.5. The van der Waals surface area contributed by atoms with Crippen molar-refractivity contribution in [2.24, 2.45) is 5.92 Å². The molecular weight excluding hydrogens is 466 g/mol. The first kappa shape index (κ1) is 23.8. The number of rotatable bonds is 6. The first-order valence-corrected chi connectivity index (χ1v) is 12.8. The van der Waals surface area contributed by atoms with Crippen LogP contribution in [0.4, 0.5) is 5.95 Å². The van der Waals surface area contributed by atoms with Crippen LogP contribution in [0.1, 0.15) is 44.2 Å². The number of H-pyrrole nitrogens is 1. The normalized spacial score (nSPS) is 18.3. The van der Waals surface area contributed by atoms with Gasteiger partial charge < -0.3 is 9.64 Å². The van der Waals surface area contributed by atoms with E-state index in [2.05, 4.69) is 29.3 Å². The van der Waals surface area contributed by atoms with Crippen molar-refractivity contribution in [2.75, 3.05) is 38.5 Å². The Hall–Kier alpha value is -2.91. The number of hydrogen-bond acceptors (Lipinski definition) is 6. The first-order chi connectivity index (χ1) is 17.0. The molecule has 35 heavy (non-hydrogen) atoms. The number of likely N-dealkylation sites (tertiary alicyclic amines) is 2. The zero-order valence-electron chi connectivity index (χ0n) is 20.1. The number of nitrogens with one attached hydrogen (secondary N) is 1. The molecule has 0 unspecified atom stereocenters. The fourth-order valence-electron chi connectivity index (χ4n) is 5.31. The van der Waals surface area contributed by atoms with Gasteiger partial charge in [-0.3, -0.25) is 20.0 Å². The molecule has 2 fully saturated rings. The van der Waals surface area contributed by atoms with Gasteiger partial charge in [-0.1, -0.05) is 16.6 Å². The molecular formula is C25H33ClN7O2+. The summed E-state index contributed by atoms with van der Waals surface area (Å²) in [5, 5.41) is 0.667. The van der Waals surface area contributed by atoms with Crippen molar-refractivity contribution in [1.82, 2.24) is 24.3 Å². The minimum absolute atomic E-state index is 0.106. The van der Waals surface area contributed by atoms with Gasteiger partial charge in [-0.05, 0) is 63.9 Å². The zero-order valence-corrected chi connectivity index (χ0v) is 20.9. The number of piperidine rings is 2. The summed E-state index contributed by atoms with van der Waals surface area (Å²) in [5.74, 6) is 0.827. The number of hydrogen-bond donors (Lipinski definition) is 1. The number of aromatic nitrogens is 4. The number of benzene rings is 1. The van der Waals surface area contributed by atoms with Crippen LogP contribution < -0.4 is 15.5 Å². The van der Waals surface area contributed by atoms with E-state index in [4.69, 9.17) is 22.1 Å². The molecule has 2 saturated heterocycles. The summed E-state index contributed by atoms with van der Waals surface area (Å²) >= 11 is 6.18. The molecule has 1 aromatic carbocycles. The second-order valence-corrected chi connectivity index (χ2v) is 9.88. The Labute approximate surface area is 210 Å². The van der Waals surface area contributed by atoms with Gasteiger partial charge in [-0.25, -0.2) is 4.98 Å². The lowest BCUT2D eigenvalue weighted by Gasteiger charge is -2.37. The van der Waals surface area contributed by atoms with Crippen LogP contribution in [0.15, 0.2) is 30.6 Å². The quantitative estimate of drug-likeness (QED) is 0.560. The summed E-state index contributed by atoms with van der Waals surface area (Å²) in [7, 11) is 0. The molecule has 1 amide bonds. The Morgan fingerprint density at radius 1 is 1.20 bits per heavy atom. The van der Waals surface area contributed by atoms with Crippen molar-refractivity contribution in [3.8, 4) is 6.01 Å². The lowest BCUT2D eigenvalue weighted by molar-refractivity contribution is -0.365. The lowest BCUT2D eigenvalue weighted by Crippen LogP contribution is -2.45. The van der Waals surface area contributed by atoms with E-state index in [0.717, 1.165) is 75.0 Å². The molecule has 9 nitrogen and oxygen atoms in total. The minimum atomic E-state index is 0.106. The fourth-order valence-corrected chi connectivity index (χ4v) is 5.48. The molecule has 10 heteroatoms. The summed E-state index contributed by atoms with van der Waals surface area (Å²) in [5.41, 5.74) is 8.61. The van der Waals surface area contributed by atoms with E-state index in [1.807, 2.05) is 37.5 Å². The van der Waals surface area contributed by atoms with Crippen molar-refractivity contribution in [3.05, 3.63) is 41.2 Å². The number of nitrogen functional groups attached to an aromatic ring is 1. The second-order valence-electron chi connectivity index (χ2n) is 9.44. The van der Waals surface area contributed by atoms with Crippen LogP contribution in [-0.4, -0.2) is 63.0 Å². The first-order valence-electron chi connectivity index (χ1n) is 12.5. The predicted molar refractivity (Wildman–Crippen MR) is 134 cm³/mol. The van der Waals surface area contributed by atoms with Gasteiger partial charge in [-0.2, -0.15) is 4.98 Å². The number of imidazole rings is 1. The van der Waals surface area contributed by atoms with Crippen LogP contribution in [0.5, 0.6) is 6.01 Å². The van der Waals surface area contributed by atoms with E-state index < -0.39 is 0 Å². The third kappa shape index (κ3) is 5.21. The standard InChI is InChI=1S/C25H32ClN7O2/c1-2-35-25-30-21-13-19(26)3-4-22(21)33(25)20-7-11-32(12-8-20)23(34)18-5-9-31(10-6-18)16-17-14-28-24(27)29-15-17/h3-4,13-15,18,20H,2,5-12,16H2,1H3,(H2,27,28,29)/p+1. The maximum absolute atomic E-state index is 13.3. The van der Waals surface area contributed by atoms with E-state index in [1.165, 1.54) is 0 Å². The third-order valence-corrected chi connectivity index (χ3v) is 7.39. The Bertz CT molecular complexity index is 1170. The van der Waals surface area contributed by atoms with Crippen LogP contribution in [0.3, 0.4) is 0 Å². The largest absolute Gasteiger partial charge is 0.465 e. The number of carbonyl (C=O) groups excluding carboxylic acids is 1. The number of fused-ring (bicyclic) bond motifs is 1. The molecule has 4 heterocycles. The Balaban J connectivity index is 1.17. The Kier molecular flexibility index (Phi) is 7.06. The molecule has 2 aromatic heterocycles. The van der Waals surface area contributed by atoms with Crippen molar-refractivity contribution in [1.29, 1.82) is 0 Å². The molecule has 0 spiro atoms. The molecule has 0 aliphatic carbocycles. The van der Waals surface area contributed by atoms with E-state index in [-0.39, 0.29) is 12.0 Å². The fraction of sp³-hybridized carbons (Fsp3) is 0.520. The van der Waals surface area contributed by atoms with Gasteiger partial charge in [-0.15, -0.1) is 0 Å². The summed E-state index contributed by atoms with van der Waals surface area (Å²) < 4.78 is 8.05. The molecule has 2 aliphatic heterocycles. The van der Waals surface area contributed by atoms with Crippen LogP contribution >= 0.6 is 11.6 Å². The number of carbonyl (C=O) groups is 1. The lowest BCUT2D eigenvalue weighted by atomic mass is 9.93. The van der Waals surface area contributed by atoms with E-state index in [1.54, 1.807) is 0 Å². The van der Waals surface area contributed by atoms with Crippen LogP contribution in [0, 0.1) is 5.92 Å². The SMILES string of the molecule is CCOc1nc2cc(Cl)ccc2n1C1CCN(C(=O)C2CCN(Cc3cnc(N)[nH+]c3)CC2)CC1. The van der Waals surface area contributed by atoms with Crippen molar-refractivity contribution < 1.29 is 14.5 Å². The molecule has 0 radical (unpaired) electrons. The average Bonchev–Trinajstić information content (AvgIpc) is 3.22. The van der Waals surface area contributed by atoms with E-state index >= 15 is 0 Å². The number of nitrogens with two attached hydrogens (primary N) is 1. The second kappa shape index (κ2) is 10.4. The molecule has 0 bridgehead atoms. The average molecular weight is 499 g/mol. The zero-order chi connectivity index (χ0) is 24.4. The van der Waals surface area contributed by atoms with Gasteiger partial charge in [0, 0.05) is 42.2 Å². The molecule has 0 atom stereocenters. The van der Waals surface area contributed by atoms with Crippen LogP contribution in [0.2, 0.25) is 5.02 Å². The number of anilines is 1. The smallest absolute Gasteiger partial charge is 0.386 e. The van der Waals surface area contributed by atoms with Crippen LogP contribution in [0.25, 0.3) is 11.0 Å². The number of amides is 1. The van der Waals surface area contributed by atoms with Gasteiger partial charge in [0.05, 0.1) is 23.8 Å². The van der Waals surface area contributed by atoms with Gasteiger partial charge >= 0.3 is 5.95 Å². The molecule has 2 aliphatic rings. The topological polar surface area (TPSA) is 104 Å². The maximum Gasteiger partial charge on any atom is 0.386 e. The monoisotopic (exact) mass is 498 g/mol. The van der Waals surface area contributed by atoms with Gasteiger partial charge in [0.2, 0.25) is 5.91 Å². The summed E-state index contributed by atoms with van der Waals surface area (Å²) in [6.45, 7) is 6.69. The van der Waals surface area contributed by atoms with Gasteiger partial charge in [0.15, 0.2) is 0 Å². The number of aromatic amines is 1. The Morgan fingerprint density at radius 3 is 2.66 bits per heavy atom. The highest BCUT2D eigenvalue weighted by Crippen LogP contribution is 2.34. The predicted octanol–water partition coefficient (Wildman–Crippen LogP) is 2.96. The van der Waals surface area contributed by atoms with Gasteiger partial charge in [0.25, 0.3) is 6.01 Å². The highest BCUT2D eigenvalue weighted by atomic mass is 35.5. The summed E-state index contributed by atoms with van der Waals surface area (Å²) in [6.07, 6.45) is 7.28. The van der Waals surface area contributed by atoms with E-state index in [9.17, 15) is 4.79 Å². The van der Waals surface area contributed by atoms with Crippen molar-refractivity contribution in [2.45, 2.75) is 45.2 Å². The van der Waals surface area contributed by atoms with Crippen molar-refractivity contribution >= 4 is 34.5 Å². The highest BCUT2D eigenvalue weighted by molar-refractivity contribution is 6.31.